The zero-order valence-electron chi connectivity index (χ0n) is 7.69. The van der Waals surface area contributed by atoms with Crippen molar-refractivity contribution in [3.63, 3.8) is 0 Å². The molecule has 16 heavy (non-hydrogen) atoms. The predicted octanol–water partition coefficient (Wildman–Crippen LogP) is 6.06. The van der Waals surface area contributed by atoms with Gasteiger partial charge in [0.1, 0.15) is 0 Å². The first-order valence-corrected chi connectivity index (χ1v) is 8.96. The average molecular weight is 610 g/mol. The van der Waals surface area contributed by atoms with E-state index in [2.05, 4.69) is 95.6 Å². The first-order chi connectivity index (χ1) is 7.35. The maximum absolute atomic E-state index is 5.81. The number of halogens is 6. The molecule has 0 N–H and O–H groups in total. The van der Waals surface area contributed by atoms with Crippen LogP contribution in [0.15, 0.2) is 30.6 Å². The minimum atomic E-state index is -0.529. The first-order valence-electron chi connectivity index (χ1n) is 4.08. The molecule has 0 aromatic heterocycles. The van der Waals surface area contributed by atoms with Crippen LogP contribution < -0.4 is 0 Å². The van der Waals surface area contributed by atoms with Crippen LogP contribution in [0.3, 0.4) is 0 Å². The summed E-state index contributed by atoms with van der Waals surface area (Å²) in [6, 6.07) is 0. The smallest absolute Gasteiger partial charge is 0.157 e. The Balaban J connectivity index is 2.68. The van der Waals surface area contributed by atoms with Gasteiger partial charge in [-0.1, -0.05) is 53.9 Å². The van der Waals surface area contributed by atoms with Crippen LogP contribution in [0.4, 0.5) is 0 Å². The van der Waals surface area contributed by atoms with E-state index in [1.165, 1.54) is 0 Å². The average Bonchev–Trinajstić information content (AvgIpc) is 2.21. The lowest BCUT2D eigenvalue weighted by atomic mass is 10.1. The third-order valence-corrected chi connectivity index (χ3v) is 7.50. The van der Waals surface area contributed by atoms with Crippen molar-refractivity contribution in [3.8, 4) is 0 Å². The summed E-state index contributed by atoms with van der Waals surface area (Å²) in [6.45, 7) is 0.453. The minimum absolute atomic E-state index is 0.0637. The predicted molar refractivity (Wildman–Crippen MR) is 90.3 cm³/mol. The Hall–Kier alpha value is 2.06. The van der Waals surface area contributed by atoms with Gasteiger partial charge in [0.2, 0.25) is 0 Å². The first kappa shape index (κ1) is 16.1. The molecule has 2 atom stereocenters. The molecule has 0 spiro atoms. The number of hydrogen-bond acceptors (Lipinski definition) is 1. The van der Waals surface area contributed by atoms with Crippen molar-refractivity contribution in [2.45, 2.75) is 9.34 Å². The summed E-state index contributed by atoms with van der Waals surface area (Å²) in [6.07, 6.45) is 5.93. The lowest BCUT2D eigenvalue weighted by Gasteiger charge is -2.30. The summed E-state index contributed by atoms with van der Waals surface area (Å²) in [5.41, 5.74) is 0. The number of alkyl halides is 2. The molecule has 0 bridgehead atoms. The highest BCUT2D eigenvalue weighted by Gasteiger charge is 2.34. The van der Waals surface area contributed by atoms with Gasteiger partial charge in [-0.15, -0.1) is 0 Å². The number of allylic oxidation sites excluding steroid dienone is 2. The van der Waals surface area contributed by atoms with Crippen molar-refractivity contribution in [2.75, 3.05) is 6.61 Å². The van der Waals surface area contributed by atoms with E-state index in [1.807, 2.05) is 18.2 Å². The van der Waals surface area contributed by atoms with Gasteiger partial charge < -0.3 is 4.74 Å². The van der Waals surface area contributed by atoms with Crippen LogP contribution in [0.2, 0.25) is 0 Å². The molecule has 0 radical (unpaired) electrons. The SMILES string of the molecule is BrC1=CC(Br)C(Br)(OCC(Br)=C(Br)Br)C=C1. The van der Waals surface area contributed by atoms with E-state index in [0.29, 0.717) is 6.61 Å². The molecule has 1 nitrogen and oxygen atoms in total. The Bertz CT molecular complexity index is 357. The van der Waals surface area contributed by atoms with Crippen LogP contribution in [-0.2, 0) is 4.74 Å². The van der Waals surface area contributed by atoms with Crippen LogP contribution in [0.5, 0.6) is 0 Å². The lowest BCUT2D eigenvalue weighted by molar-refractivity contribution is 0.0925. The van der Waals surface area contributed by atoms with Crippen molar-refractivity contribution >= 4 is 95.6 Å². The quantitative estimate of drug-likeness (QED) is 0.354. The minimum Gasteiger partial charge on any atom is -0.353 e. The standard InChI is InChI=1S/C9H6Br6O/c10-5-1-2-9(15,7(12)3-5)16-4-6(11)8(13)14/h1-3,7H,4H2. The van der Waals surface area contributed by atoms with E-state index in [-0.39, 0.29) is 4.83 Å². The fourth-order valence-electron chi connectivity index (χ4n) is 0.950. The Labute approximate surface area is 145 Å². The Morgan fingerprint density at radius 2 is 2.00 bits per heavy atom. The maximum Gasteiger partial charge on any atom is 0.157 e. The highest BCUT2D eigenvalue weighted by Crippen LogP contribution is 2.38. The summed E-state index contributed by atoms with van der Waals surface area (Å²) in [5.74, 6) is 0. The zero-order chi connectivity index (χ0) is 12.3. The summed E-state index contributed by atoms with van der Waals surface area (Å²) >= 11 is 20.6. The molecular formula is C9H6Br6O. The van der Waals surface area contributed by atoms with E-state index in [9.17, 15) is 0 Å². The van der Waals surface area contributed by atoms with Gasteiger partial charge in [-0.3, -0.25) is 0 Å². The van der Waals surface area contributed by atoms with Gasteiger partial charge in [0.15, 0.2) is 4.51 Å². The molecular weight excluding hydrogens is 604 g/mol. The van der Waals surface area contributed by atoms with E-state index in [0.717, 1.165) is 12.4 Å². The van der Waals surface area contributed by atoms with Crippen LogP contribution in [0.25, 0.3) is 0 Å². The molecule has 1 rings (SSSR count). The summed E-state index contributed by atoms with van der Waals surface area (Å²) in [7, 11) is 0. The Kier molecular flexibility index (Phi) is 7.06. The molecule has 0 aromatic rings. The normalized spacial score (nSPS) is 28.9. The summed E-state index contributed by atoms with van der Waals surface area (Å²) in [5, 5.41) is 0. The molecule has 0 saturated heterocycles. The van der Waals surface area contributed by atoms with Crippen molar-refractivity contribution in [1.29, 1.82) is 0 Å². The second kappa shape index (κ2) is 7.01. The van der Waals surface area contributed by atoms with Crippen molar-refractivity contribution in [2.24, 2.45) is 0 Å². The molecule has 0 saturated carbocycles. The lowest BCUT2D eigenvalue weighted by Crippen LogP contribution is -2.34. The van der Waals surface area contributed by atoms with E-state index >= 15 is 0 Å². The zero-order valence-corrected chi connectivity index (χ0v) is 17.2. The fraction of sp³-hybridized carbons (Fsp3) is 0.333. The molecule has 0 aromatic carbocycles. The van der Waals surface area contributed by atoms with Gasteiger partial charge in [0.05, 0.1) is 14.8 Å². The molecule has 0 heterocycles. The van der Waals surface area contributed by atoms with Gasteiger partial charge in [-0.2, -0.15) is 0 Å². The van der Waals surface area contributed by atoms with Crippen LogP contribution in [-0.4, -0.2) is 15.9 Å². The highest BCUT2D eigenvalue weighted by atomic mass is 79.9. The third-order valence-electron chi connectivity index (χ3n) is 1.78. The second-order valence-electron chi connectivity index (χ2n) is 2.94. The van der Waals surface area contributed by atoms with Gasteiger partial charge in [0.25, 0.3) is 0 Å². The molecule has 1 aliphatic carbocycles. The Morgan fingerprint density at radius 1 is 1.38 bits per heavy atom. The third kappa shape index (κ3) is 4.63. The molecule has 1 aliphatic rings. The van der Waals surface area contributed by atoms with Gasteiger partial charge in [-0.05, 0) is 59.9 Å². The summed E-state index contributed by atoms with van der Waals surface area (Å²) < 4.78 is 8.07. The second-order valence-corrected chi connectivity index (χ2v) is 9.69. The van der Waals surface area contributed by atoms with E-state index in [1.54, 1.807) is 0 Å². The van der Waals surface area contributed by atoms with Crippen LogP contribution in [0.1, 0.15) is 0 Å². The molecule has 0 fully saturated rings. The maximum atomic E-state index is 5.81. The van der Waals surface area contributed by atoms with Crippen LogP contribution in [0, 0.1) is 0 Å². The summed E-state index contributed by atoms with van der Waals surface area (Å²) in [4.78, 5) is 0.0637. The topological polar surface area (TPSA) is 9.23 Å². The number of hydrogen-bond donors (Lipinski definition) is 0. The van der Waals surface area contributed by atoms with Crippen molar-refractivity contribution < 1.29 is 4.74 Å². The van der Waals surface area contributed by atoms with Gasteiger partial charge in [0, 0.05) is 8.96 Å². The largest absolute Gasteiger partial charge is 0.353 e. The number of ether oxygens (including phenoxy) is 1. The van der Waals surface area contributed by atoms with Crippen LogP contribution >= 0.6 is 95.6 Å². The van der Waals surface area contributed by atoms with Crippen molar-refractivity contribution in [1.82, 2.24) is 0 Å². The fourth-order valence-corrected chi connectivity index (χ4v) is 2.99. The van der Waals surface area contributed by atoms with Crippen molar-refractivity contribution in [3.05, 3.63) is 30.6 Å². The highest BCUT2D eigenvalue weighted by molar-refractivity contribution is 9.29. The van der Waals surface area contributed by atoms with Gasteiger partial charge in [-0.25, -0.2) is 0 Å². The number of rotatable bonds is 3. The van der Waals surface area contributed by atoms with Gasteiger partial charge >= 0.3 is 0 Å². The molecule has 7 heteroatoms. The van der Waals surface area contributed by atoms with E-state index in [4.69, 9.17) is 4.74 Å². The molecule has 90 valence electrons. The molecule has 2 unspecified atom stereocenters. The molecule has 0 aliphatic heterocycles. The van der Waals surface area contributed by atoms with E-state index < -0.39 is 4.51 Å². The molecule has 0 amide bonds. The Morgan fingerprint density at radius 3 is 2.50 bits per heavy atom. The monoisotopic (exact) mass is 604 g/mol.